The molecule has 0 atom stereocenters. The Morgan fingerprint density at radius 3 is 2.61 bits per heavy atom. The minimum absolute atomic E-state index is 0.356. The van der Waals surface area contributed by atoms with Crippen molar-refractivity contribution >= 4 is 34.4 Å². The van der Waals surface area contributed by atoms with Crippen LogP contribution in [-0.2, 0) is 9.59 Å². The fraction of sp³-hybridized carbons (Fsp3) is 0. The highest BCUT2D eigenvalue weighted by Gasteiger charge is 2.38. The molecule has 0 spiro atoms. The molecule has 1 aliphatic rings. The second kappa shape index (κ2) is 3.63. The van der Waals surface area contributed by atoms with Crippen LogP contribution >= 0.6 is 0 Å². The van der Waals surface area contributed by atoms with Crippen molar-refractivity contribution in [1.29, 1.82) is 0 Å². The van der Waals surface area contributed by atoms with Crippen LogP contribution in [0.1, 0.15) is 0 Å². The van der Waals surface area contributed by atoms with Crippen LogP contribution in [0.15, 0.2) is 36.5 Å². The molecule has 0 bridgehead atoms. The Balaban J connectivity index is 2.24. The summed E-state index contributed by atoms with van der Waals surface area (Å²) in [6.07, 6.45) is 1.61. The van der Waals surface area contributed by atoms with Gasteiger partial charge in [0.2, 0.25) is 0 Å². The van der Waals surface area contributed by atoms with Gasteiger partial charge in [0.05, 0.1) is 11.2 Å². The molecular weight excluding hydrogens is 234 g/mol. The second-order valence-corrected chi connectivity index (χ2v) is 3.75. The van der Waals surface area contributed by atoms with Crippen LogP contribution in [0.25, 0.3) is 10.9 Å². The number of rotatable bonds is 1. The first kappa shape index (κ1) is 10.4. The quantitative estimate of drug-likeness (QED) is 0.592. The van der Waals surface area contributed by atoms with Gasteiger partial charge in [0.15, 0.2) is 0 Å². The molecule has 6 heteroatoms. The number of amides is 4. The average molecular weight is 241 g/mol. The van der Waals surface area contributed by atoms with E-state index in [1.807, 2.05) is 5.32 Å². The van der Waals surface area contributed by atoms with Crippen molar-refractivity contribution in [1.82, 2.24) is 10.3 Å². The number of aromatic nitrogens is 1. The van der Waals surface area contributed by atoms with Gasteiger partial charge in [-0.25, -0.2) is 9.69 Å². The molecule has 18 heavy (non-hydrogen) atoms. The van der Waals surface area contributed by atoms with E-state index in [0.717, 1.165) is 4.90 Å². The van der Waals surface area contributed by atoms with Crippen molar-refractivity contribution in [2.75, 3.05) is 4.90 Å². The zero-order valence-electron chi connectivity index (χ0n) is 9.08. The van der Waals surface area contributed by atoms with Crippen LogP contribution in [0.3, 0.4) is 0 Å². The first-order valence-corrected chi connectivity index (χ1v) is 5.21. The number of anilines is 1. The molecule has 2 heterocycles. The summed E-state index contributed by atoms with van der Waals surface area (Å²) in [4.78, 5) is 39.3. The molecule has 88 valence electrons. The largest absolute Gasteiger partial charge is 0.336 e. The lowest BCUT2D eigenvalue weighted by atomic mass is 10.1. The van der Waals surface area contributed by atoms with E-state index in [-0.39, 0.29) is 0 Å². The molecule has 6 nitrogen and oxygen atoms in total. The molecule has 1 fully saturated rings. The SMILES string of the molecule is O=C1NC(=O)N(c2cccc3ncccc23)C1=O. The summed E-state index contributed by atoms with van der Waals surface area (Å²) in [7, 11) is 0. The fourth-order valence-corrected chi connectivity index (χ4v) is 1.90. The smallest absolute Gasteiger partial charge is 0.269 e. The molecule has 0 saturated carbocycles. The highest BCUT2D eigenvalue weighted by molar-refractivity contribution is 6.53. The highest BCUT2D eigenvalue weighted by Crippen LogP contribution is 2.26. The van der Waals surface area contributed by atoms with Crippen LogP contribution in [0, 0.1) is 0 Å². The van der Waals surface area contributed by atoms with Gasteiger partial charge in [-0.2, -0.15) is 0 Å². The van der Waals surface area contributed by atoms with E-state index in [1.54, 1.807) is 36.5 Å². The monoisotopic (exact) mass is 241 g/mol. The molecule has 4 amide bonds. The van der Waals surface area contributed by atoms with Crippen LogP contribution in [0.4, 0.5) is 10.5 Å². The van der Waals surface area contributed by atoms with Crippen molar-refractivity contribution in [3.05, 3.63) is 36.5 Å². The predicted octanol–water partition coefficient (Wildman–Crippen LogP) is 0.818. The van der Waals surface area contributed by atoms with Crippen molar-refractivity contribution in [3.63, 3.8) is 0 Å². The highest BCUT2D eigenvalue weighted by atomic mass is 16.2. The van der Waals surface area contributed by atoms with E-state index in [1.165, 1.54) is 0 Å². The predicted molar refractivity (Wildman–Crippen MR) is 62.8 cm³/mol. The molecule has 3 rings (SSSR count). The molecule has 1 aromatic heterocycles. The normalized spacial score (nSPS) is 15.3. The Labute approximate surface area is 101 Å². The van der Waals surface area contributed by atoms with Gasteiger partial charge in [-0.1, -0.05) is 6.07 Å². The molecule has 0 radical (unpaired) electrons. The maximum absolute atomic E-state index is 11.6. The first-order chi connectivity index (χ1) is 8.68. The summed E-state index contributed by atoms with van der Waals surface area (Å²) in [6.45, 7) is 0. The van der Waals surface area contributed by atoms with E-state index in [2.05, 4.69) is 4.98 Å². The van der Waals surface area contributed by atoms with E-state index in [4.69, 9.17) is 0 Å². The number of nitrogens with one attached hydrogen (secondary N) is 1. The lowest BCUT2D eigenvalue weighted by Crippen LogP contribution is -2.30. The fourth-order valence-electron chi connectivity index (χ4n) is 1.90. The summed E-state index contributed by atoms with van der Waals surface area (Å²) >= 11 is 0. The van der Waals surface area contributed by atoms with Crippen LogP contribution in [0.2, 0.25) is 0 Å². The molecule has 1 N–H and O–H groups in total. The van der Waals surface area contributed by atoms with Gasteiger partial charge in [0.25, 0.3) is 0 Å². The van der Waals surface area contributed by atoms with Crippen molar-refractivity contribution < 1.29 is 14.4 Å². The summed E-state index contributed by atoms with van der Waals surface area (Å²) in [5.74, 6) is -1.79. The Bertz CT molecular complexity index is 691. The van der Waals surface area contributed by atoms with E-state index < -0.39 is 17.8 Å². The van der Waals surface area contributed by atoms with Gasteiger partial charge in [-0.3, -0.25) is 19.9 Å². The third-order valence-electron chi connectivity index (χ3n) is 2.68. The molecule has 1 aliphatic heterocycles. The van der Waals surface area contributed by atoms with Gasteiger partial charge in [0.1, 0.15) is 0 Å². The number of hydrogen-bond acceptors (Lipinski definition) is 4. The number of benzene rings is 1. The number of fused-ring (bicyclic) bond motifs is 1. The van der Waals surface area contributed by atoms with Gasteiger partial charge in [-0.05, 0) is 24.3 Å². The maximum Gasteiger partial charge on any atom is 0.336 e. The number of carbonyl (C=O) groups is 3. The molecule has 0 aliphatic carbocycles. The average Bonchev–Trinajstić information content (AvgIpc) is 2.63. The van der Waals surface area contributed by atoms with Gasteiger partial charge >= 0.3 is 17.8 Å². The zero-order chi connectivity index (χ0) is 12.7. The first-order valence-electron chi connectivity index (χ1n) is 5.21. The number of nitrogens with zero attached hydrogens (tertiary/aromatic N) is 2. The third-order valence-corrected chi connectivity index (χ3v) is 2.68. The maximum atomic E-state index is 11.6. The minimum atomic E-state index is -0.916. The summed E-state index contributed by atoms with van der Waals surface area (Å²) in [5.41, 5.74) is 1.00. The van der Waals surface area contributed by atoms with E-state index in [0.29, 0.717) is 16.6 Å². The molecular formula is C12H7N3O3. The molecule has 1 aromatic carbocycles. The van der Waals surface area contributed by atoms with E-state index in [9.17, 15) is 14.4 Å². The second-order valence-electron chi connectivity index (χ2n) is 3.75. The Morgan fingerprint density at radius 1 is 1.06 bits per heavy atom. The Hall–Kier alpha value is -2.76. The van der Waals surface area contributed by atoms with Gasteiger partial charge in [0, 0.05) is 11.6 Å². The van der Waals surface area contributed by atoms with Crippen molar-refractivity contribution in [2.45, 2.75) is 0 Å². The molecule has 0 unspecified atom stereocenters. The summed E-state index contributed by atoms with van der Waals surface area (Å²) < 4.78 is 0. The molecule has 2 aromatic rings. The van der Waals surface area contributed by atoms with Crippen LogP contribution < -0.4 is 10.2 Å². The minimum Gasteiger partial charge on any atom is -0.269 e. The van der Waals surface area contributed by atoms with Gasteiger partial charge in [-0.15, -0.1) is 0 Å². The summed E-state index contributed by atoms with van der Waals surface area (Å²) in [5, 5.41) is 2.60. The number of carbonyl (C=O) groups excluding carboxylic acids is 3. The zero-order valence-corrected chi connectivity index (χ0v) is 9.08. The lowest BCUT2D eigenvalue weighted by molar-refractivity contribution is -0.134. The number of urea groups is 1. The summed E-state index contributed by atoms with van der Waals surface area (Å²) in [6, 6.07) is 7.74. The Morgan fingerprint density at radius 2 is 1.89 bits per heavy atom. The van der Waals surface area contributed by atoms with Gasteiger partial charge < -0.3 is 0 Å². The van der Waals surface area contributed by atoms with Crippen molar-refractivity contribution in [2.24, 2.45) is 0 Å². The van der Waals surface area contributed by atoms with E-state index >= 15 is 0 Å². The number of pyridine rings is 1. The number of imide groups is 2. The van der Waals surface area contributed by atoms with Crippen LogP contribution in [0.5, 0.6) is 0 Å². The topological polar surface area (TPSA) is 79.4 Å². The third kappa shape index (κ3) is 1.36. The lowest BCUT2D eigenvalue weighted by Gasteiger charge is -2.13. The van der Waals surface area contributed by atoms with Crippen LogP contribution in [-0.4, -0.2) is 22.8 Å². The molecule has 1 saturated heterocycles. The number of hydrogen-bond donors (Lipinski definition) is 1. The Kier molecular flexibility index (Phi) is 2.09. The van der Waals surface area contributed by atoms with Crippen molar-refractivity contribution in [3.8, 4) is 0 Å². The standard InChI is InChI=1S/C12H7N3O3/c16-10-11(17)15(12(18)14-10)9-5-1-4-8-7(9)3-2-6-13-8/h1-6H,(H,14,16,18).